The van der Waals surface area contributed by atoms with Gasteiger partial charge >= 0.3 is 5.97 Å². The maximum atomic E-state index is 13.7. The number of aromatic nitrogens is 1. The second-order valence-electron chi connectivity index (χ2n) is 9.51. The van der Waals surface area contributed by atoms with Crippen LogP contribution in [0.5, 0.6) is 5.75 Å². The summed E-state index contributed by atoms with van der Waals surface area (Å²) in [4.78, 5) is 47.6. The smallest absolute Gasteiger partial charge is 0.309 e. The van der Waals surface area contributed by atoms with Crippen molar-refractivity contribution in [3.05, 3.63) is 30.4 Å². The first-order valence-electron chi connectivity index (χ1n) is 12.0. The van der Waals surface area contributed by atoms with E-state index in [2.05, 4.69) is 4.98 Å². The van der Waals surface area contributed by atoms with E-state index in [9.17, 15) is 14.4 Å². The van der Waals surface area contributed by atoms with Crippen LogP contribution in [0, 0.1) is 17.8 Å². The number of nitrogens with zero attached hydrogens (tertiary/aromatic N) is 3. The van der Waals surface area contributed by atoms with Crippen LogP contribution in [-0.2, 0) is 23.9 Å². The predicted octanol–water partition coefficient (Wildman–Crippen LogP) is 2.39. The Morgan fingerprint density at radius 2 is 2.09 bits per heavy atom. The first kappa shape index (κ1) is 22.5. The van der Waals surface area contributed by atoms with Gasteiger partial charge in [0.15, 0.2) is 5.13 Å². The van der Waals surface area contributed by atoms with E-state index in [-0.39, 0.29) is 23.7 Å². The molecule has 3 fully saturated rings. The summed E-state index contributed by atoms with van der Waals surface area (Å²) in [5.74, 6) is -0.997. The summed E-state index contributed by atoms with van der Waals surface area (Å²) in [7, 11) is 1.61. The molecule has 35 heavy (non-hydrogen) atoms. The zero-order chi connectivity index (χ0) is 24.3. The van der Waals surface area contributed by atoms with Gasteiger partial charge in [-0.05, 0) is 31.9 Å². The number of likely N-dealkylation sites (tertiary alicyclic amines) is 1. The number of amides is 2. The van der Waals surface area contributed by atoms with Crippen molar-refractivity contribution in [3.63, 3.8) is 0 Å². The summed E-state index contributed by atoms with van der Waals surface area (Å²) in [5.41, 5.74) is -0.0366. The van der Waals surface area contributed by atoms with Crippen LogP contribution in [0.15, 0.2) is 30.4 Å². The Kier molecular flexibility index (Phi) is 5.33. The number of ether oxygens (including phenoxy) is 3. The molecule has 4 aliphatic heterocycles. The van der Waals surface area contributed by atoms with Gasteiger partial charge in [-0.2, -0.15) is 0 Å². The van der Waals surface area contributed by atoms with Gasteiger partial charge in [0.05, 0.1) is 54.3 Å². The van der Waals surface area contributed by atoms with Crippen molar-refractivity contribution in [2.75, 3.05) is 38.3 Å². The average molecular weight is 498 g/mol. The lowest BCUT2D eigenvalue weighted by atomic mass is 9.76. The highest BCUT2D eigenvalue weighted by Crippen LogP contribution is 2.53. The Morgan fingerprint density at radius 1 is 1.29 bits per heavy atom. The zero-order valence-electron chi connectivity index (χ0n) is 19.6. The lowest BCUT2D eigenvalue weighted by Crippen LogP contribution is -2.49. The van der Waals surface area contributed by atoms with Crippen LogP contribution in [-0.4, -0.2) is 72.7 Å². The summed E-state index contributed by atoms with van der Waals surface area (Å²) in [6.07, 6.45) is 4.62. The van der Waals surface area contributed by atoms with E-state index >= 15 is 0 Å². The van der Waals surface area contributed by atoms with Crippen LogP contribution in [0.25, 0.3) is 10.2 Å². The minimum absolute atomic E-state index is 0.0715. The molecule has 2 bridgehead atoms. The molecule has 0 radical (unpaired) electrons. The van der Waals surface area contributed by atoms with E-state index in [1.54, 1.807) is 23.8 Å². The van der Waals surface area contributed by atoms with Crippen LogP contribution in [0.4, 0.5) is 5.13 Å². The van der Waals surface area contributed by atoms with E-state index in [1.165, 1.54) is 11.3 Å². The van der Waals surface area contributed by atoms with Gasteiger partial charge in [0.25, 0.3) is 0 Å². The summed E-state index contributed by atoms with van der Waals surface area (Å²) in [6.45, 7) is 3.45. The summed E-state index contributed by atoms with van der Waals surface area (Å²) < 4.78 is 17.7. The number of hydrogen-bond acceptors (Lipinski definition) is 8. The zero-order valence-corrected chi connectivity index (χ0v) is 20.5. The second-order valence-corrected chi connectivity index (χ2v) is 10.5. The van der Waals surface area contributed by atoms with Gasteiger partial charge in [-0.15, -0.1) is 0 Å². The van der Waals surface area contributed by atoms with Crippen molar-refractivity contribution in [2.45, 2.75) is 31.5 Å². The maximum absolute atomic E-state index is 13.7. The van der Waals surface area contributed by atoms with Crippen molar-refractivity contribution in [1.29, 1.82) is 0 Å². The van der Waals surface area contributed by atoms with Gasteiger partial charge in [-0.3, -0.25) is 19.3 Å². The van der Waals surface area contributed by atoms with Crippen molar-refractivity contribution in [1.82, 2.24) is 9.88 Å². The molecular weight excluding hydrogens is 470 g/mol. The number of rotatable bonds is 5. The Labute approximate surface area is 206 Å². The van der Waals surface area contributed by atoms with Gasteiger partial charge < -0.3 is 19.1 Å². The molecule has 1 spiro atoms. The molecule has 5 heterocycles. The van der Waals surface area contributed by atoms with Crippen molar-refractivity contribution >= 4 is 44.5 Å². The highest BCUT2D eigenvalue weighted by molar-refractivity contribution is 7.22. The summed E-state index contributed by atoms with van der Waals surface area (Å²) in [6, 6.07) is 5.66. The fourth-order valence-corrected chi connectivity index (χ4v) is 6.84. The predicted molar refractivity (Wildman–Crippen MR) is 128 cm³/mol. The SMILES string of the molecule is CCOC(=O)C1CCN(C(=O)[C@@H]2[C@@H]3C=C[C@]4(CN(c5nc6cc(OC)ccc6s5)C(=O)[C@H]24)O3)CC1. The molecule has 0 aliphatic carbocycles. The Balaban J connectivity index is 1.22. The van der Waals surface area contributed by atoms with E-state index < -0.39 is 23.5 Å². The number of esters is 1. The van der Waals surface area contributed by atoms with E-state index in [1.807, 2.05) is 30.4 Å². The molecule has 3 saturated heterocycles. The average Bonchev–Trinajstić information content (AvgIpc) is 3.62. The van der Waals surface area contributed by atoms with Crippen LogP contribution < -0.4 is 9.64 Å². The number of thiazole rings is 1. The summed E-state index contributed by atoms with van der Waals surface area (Å²) >= 11 is 1.44. The Hall–Kier alpha value is -2.98. The molecule has 0 unspecified atom stereocenters. The Bertz CT molecular complexity index is 1240. The lowest BCUT2D eigenvalue weighted by molar-refractivity contribution is -0.152. The van der Waals surface area contributed by atoms with E-state index in [4.69, 9.17) is 14.2 Å². The number of anilines is 1. The van der Waals surface area contributed by atoms with Gasteiger partial charge in [-0.1, -0.05) is 23.5 Å². The first-order valence-corrected chi connectivity index (χ1v) is 12.8. The minimum atomic E-state index is -0.805. The van der Waals surface area contributed by atoms with Gasteiger partial charge in [0.2, 0.25) is 11.8 Å². The van der Waals surface area contributed by atoms with Crippen molar-refractivity contribution in [3.8, 4) is 5.75 Å². The molecule has 10 heteroatoms. The third-order valence-corrected chi connectivity index (χ3v) is 8.69. The standard InChI is InChI=1S/C25H27N3O6S/c1-3-33-23(31)14-7-10-27(11-8-14)21(29)19-17-6-9-25(34-17)13-28(22(30)20(19)25)24-26-16-12-15(32-2)4-5-18(16)35-24/h4-6,9,12,14,17,19-20H,3,7-8,10-11,13H2,1-2H3/t17-,19+,20-,25+/m0/s1. The number of piperidine rings is 1. The minimum Gasteiger partial charge on any atom is -0.497 e. The number of carbonyl (C=O) groups excluding carboxylic acids is 3. The molecule has 0 N–H and O–H groups in total. The molecule has 2 aromatic rings. The quantitative estimate of drug-likeness (QED) is 0.462. The highest BCUT2D eigenvalue weighted by Gasteiger charge is 2.67. The largest absolute Gasteiger partial charge is 0.497 e. The van der Waals surface area contributed by atoms with Gasteiger partial charge in [0.1, 0.15) is 11.4 Å². The van der Waals surface area contributed by atoms with E-state index in [0.717, 1.165) is 10.2 Å². The van der Waals surface area contributed by atoms with Crippen LogP contribution in [0.3, 0.4) is 0 Å². The molecule has 4 atom stereocenters. The van der Waals surface area contributed by atoms with Gasteiger partial charge in [0, 0.05) is 19.2 Å². The van der Waals surface area contributed by atoms with E-state index in [0.29, 0.717) is 50.0 Å². The van der Waals surface area contributed by atoms with Gasteiger partial charge in [-0.25, -0.2) is 4.98 Å². The molecule has 1 aromatic carbocycles. The number of carbonyl (C=O) groups is 3. The van der Waals surface area contributed by atoms with Crippen molar-refractivity contribution < 1.29 is 28.6 Å². The highest BCUT2D eigenvalue weighted by atomic mass is 32.1. The first-order chi connectivity index (χ1) is 16.9. The number of benzene rings is 1. The molecule has 1 aromatic heterocycles. The second kappa shape index (κ2) is 8.30. The molecular formula is C25H27N3O6S. The third kappa shape index (κ3) is 3.45. The van der Waals surface area contributed by atoms with Crippen LogP contribution in [0.2, 0.25) is 0 Å². The lowest BCUT2D eigenvalue weighted by Gasteiger charge is -2.34. The Morgan fingerprint density at radius 3 is 2.83 bits per heavy atom. The number of hydrogen-bond donors (Lipinski definition) is 0. The molecule has 4 aliphatic rings. The normalized spacial score (nSPS) is 29.8. The fraction of sp³-hybridized carbons (Fsp3) is 0.520. The molecule has 184 valence electrons. The van der Waals surface area contributed by atoms with Crippen LogP contribution >= 0.6 is 11.3 Å². The molecule has 0 saturated carbocycles. The summed E-state index contributed by atoms with van der Waals surface area (Å²) in [5, 5.41) is 0.601. The fourth-order valence-electron chi connectivity index (χ4n) is 5.89. The molecule has 6 rings (SSSR count). The maximum Gasteiger partial charge on any atom is 0.309 e. The molecule has 2 amide bonds. The molecule has 9 nitrogen and oxygen atoms in total. The van der Waals surface area contributed by atoms with Crippen molar-refractivity contribution in [2.24, 2.45) is 17.8 Å². The van der Waals surface area contributed by atoms with Crippen LogP contribution in [0.1, 0.15) is 19.8 Å². The third-order valence-electron chi connectivity index (χ3n) is 7.63. The monoisotopic (exact) mass is 497 g/mol. The number of fused-ring (bicyclic) bond motifs is 2. The number of methoxy groups -OCH3 is 1. The topological polar surface area (TPSA) is 98.3 Å².